The zero-order chi connectivity index (χ0) is 38.9. The molecule has 0 bridgehead atoms. The van der Waals surface area contributed by atoms with E-state index < -0.39 is 0 Å². The van der Waals surface area contributed by atoms with E-state index in [1.165, 1.54) is 80.1 Å². The minimum atomic E-state index is 0.710. The Labute approximate surface area is 345 Å². The lowest BCUT2D eigenvalue weighted by Gasteiger charge is -2.21. The lowest BCUT2D eigenvalue weighted by Crippen LogP contribution is -1.97. The van der Waals surface area contributed by atoms with Gasteiger partial charge in [-0.05, 0) is 89.6 Å². The third kappa shape index (κ3) is 5.47. The SMILES string of the molecule is c1ccc(-c2nc(-c3ccc4sc5ccccc5c4c3)cc(-c3ccc(-c4c5ccccc5c(-c5ccccc5)c5ccc6ccccc6c45)c4ccccc34)n2)cc1. The van der Waals surface area contributed by atoms with Crippen molar-refractivity contribution in [3.63, 3.8) is 0 Å². The molecule has 12 rings (SSSR count). The molecule has 0 saturated carbocycles. The maximum Gasteiger partial charge on any atom is 0.160 e. The maximum atomic E-state index is 5.33. The number of nitrogens with zero attached hydrogens (tertiary/aromatic N) is 2. The van der Waals surface area contributed by atoms with E-state index in [2.05, 4.69) is 200 Å². The molecule has 0 saturated heterocycles. The van der Waals surface area contributed by atoms with Crippen LogP contribution in [0.25, 0.3) is 119 Å². The van der Waals surface area contributed by atoms with Crippen molar-refractivity contribution in [3.05, 3.63) is 206 Å². The largest absolute Gasteiger partial charge is 0.228 e. The third-order valence-electron chi connectivity index (χ3n) is 11.9. The summed E-state index contributed by atoms with van der Waals surface area (Å²) in [5.41, 5.74) is 9.87. The van der Waals surface area contributed by atoms with Crippen molar-refractivity contribution in [2.24, 2.45) is 0 Å². The van der Waals surface area contributed by atoms with Crippen LogP contribution in [0.2, 0.25) is 0 Å². The summed E-state index contributed by atoms with van der Waals surface area (Å²) in [7, 11) is 0. The van der Waals surface area contributed by atoms with Crippen molar-refractivity contribution in [2.45, 2.75) is 0 Å². The zero-order valence-electron chi connectivity index (χ0n) is 31.9. The first-order valence-electron chi connectivity index (χ1n) is 20.1. The highest BCUT2D eigenvalue weighted by Gasteiger charge is 2.22. The standard InChI is InChI=1S/C56H34N2S/c1-3-16-36(17-4-1)53-44-24-11-12-25-45(44)55(54-39-20-8-7-15-35(39)27-29-47(53)54)46-31-30-42(40-21-9-10-22-41(40)46)50-34-49(57-56(58-50)37-18-5-2-6-19-37)38-28-32-52-48(33-38)43-23-13-14-26-51(43)59-52/h1-34H. The second-order valence-corrected chi connectivity index (χ2v) is 16.3. The van der Waals surface area contributed by atoms with Gasteiger partial charge in [0.05, 0.1) is 11.4 Å². The number of benzene rings is 10. The summed E-state index contributed by atoms with van der Waals surface area (Å²) in [4.78, 5) is 10.6. The van der Waals surface area contributed by atoms with Crippen LogP contribution in [0.3, 0.4) is 0 Å². The Bertz CT molecular complexity index is 3610. The van der Waals surface area contributed by atoms with E-state index in [1.54, 1.807) is 0 Å². The fourth-order valence-electron chi connectivity index (χ4n) is 9.22. The summed E-state index contributed by atoms with van der Waals surface area (Å²) < 4.78 is 2.57. The van der Waals surface area contributed by atoms with Crippen LogP contribution >= 0.6 is 11.3 Å². The summed E-state index contributed by atoms with van der Waals surface area (Å²) >= 11 is 1.83. The Morgan fingerprint density at radius 1 is 0.305 bits per heavy atom. The highest BCUT2D eigenvalue weighted by Crippen LogP contribution is 2.48. The normalized spacial score (nSPS) is 11.7. The van der Waals surface area contributed by atoms with Gasteiger partial charge in [-0.15, -0.1) is 11.3 Å². The van der Waals surface area contributed by atoms with Crippen LogP contribution in [-0.2, 0) is 0 Å². The highest BCUT2D eigenvalue weighted by molar-refractivity contribution is 7.25. The van der Waals surface area contributed by atoms with Gasteiger partial charge in [0.1, 0.15) is 0 Å². The molecule has 0 aliphatic carbocycles. The van der Waals surface area contributed by atoms with Crippen molar-refractivity contribution in [3.8, 4) is 56.2 Å². The molecule has 12 aromatic rings. The Balaban J connectivity index is 1.13. The van der Waals surface area contributed by atoms with Gasteiger partial charge >= 0.3 is 0 Å². The zero-order valence-corrected chi connectivity index (χ0v) is 32.7. The maximum absolute atomic E-state index is 5.33. The van der Waals surface area contributed by atoms with Gasteiger partial charge in [0.25, 0.3) is 0 Å². The molecule has 10 aromatic carbocycles. The van der Waals surface area contributed by atoms with Gasteiger partial charge < -0.3 is 0 Å². The van der Waals surface area contributed by atoms with Crippen LogP contribution in [0.4, 0.5) is 0 Å². The molecule has 0 atom stereocenters. The lowest BCUT2D eigenvalue weighted by atomic mass is 9.82. The monoisotopic (exact) mass is 766 g/mol. The number of fused-ring (bicyclic) bond motifs is 8. The Kier molecular flexibility index (Phi) is 7.75. The Hall–Kier alpha value is -7.46. The molecule has 59 heavy (non-hydrogen) atoms. The molecule has 274 valence electrons. The van der Waals surface area contributed by atoms with Gasteiger partial charge in [0, 0.05) is 36.9 Å². The van der Waals surface area contributed by atoms with Gasteiger partial charge in [-0.3, -0.25) is 0 Å². The molecule has 0 spiro atoms. The first-order valence-corrected chi connectivity index (χ1v) is 20.9. The molecule has 0 aliphatic rings. The topological polar surface area (TPSA) is 25.8 Å². The van der Waals surface area contributed by atoms with Gasteiger partial charge in [0.2, 0.25) is 0 Å². The average Bonchev–Trinajstić information content (AvgIpc) is 3.69. The van der Waals surface area contributed by atoms with Crippen LogP contribution < -0.4 is 0 Å². The fourth-order valence-corrected chi connectivity index (χ4v) is 10.3. The van der Waals surface area contributed by atoms with Crippen molar-refractivity contribution in [2.75, 3.05) is 0 Å². The van der Waals surface area contributed by atoms with Crippen molar-refractivity contribution in [1.82, 2.24) is 9.97 Å². The van der Waals surface area contributed by atoms with Crippen LogP contribution in [0, 0.1) is 0 Å². The Morgan fingerprint density at radius 2 is 0.881 bits per heavy atom. The smallest absolute Gasteiger partial charge is 0.160 e. The summed E-state index contributed by atoms with van der Waals surface area (Å²) in [5.74, 6) is 0.710. The van der Waals surface area contributed by atoms with E-state index in [0.29, 0.717) is 5.82 Å². The van der Waals surface area contributed by atoms with E-state index in [1.807, 2.05) is 17.4 Å². The van der Waals surface area contributed by atoms with E-state index in [0.717, 1.165) is 33.5 Å². The third-order valence-corrected chi connectivity index (χ3v) is 13.0. The summed E-state index contributed by atoms with van der Waals surface area (Å²) in [6, 6.07) is 74.6. The highest BCUT2D eigenvalue weighted by atomic mass is 32.1. The van der Waals surface area contributed by atoms with Crippen molar-refractivity contribution in [1.29, 1.82) is 0 Å². The summed E-state index contributed by atoms with van der Waals surface area (Å²) in [6.07, 6.45) is 0. The van der Waals surface area contributed by atoms with E-state index in [4.69, 9.17) is 9.97 Å². The van der Waals surface area contributed by atoms with Gasteiger partial charge in [-0.1, -0.05) is 182 Å². The number of hydrogen-bond acceptors (Lipinski definition) is 3. The molecular formula is C56H34N2S. The second kappa shape index (κ2) is 13.6. The molecule has 0 fully saturated rings. The minimum Gasteiger partial charge on any atom is -0.228 e. The predicted octanol–water partition coefficient (Wildman–Crippen LogP) is 15.8. The molecule has 3 heteroatoms. The average molecular weight is 767 g/mol. The quantitative estimate of drug-likeness (QED) is 0.129. The molecule has 2 heterocycles. The molecule has 0 unspecified atom stereocenters. The fraction of sp³-hybridized carbons (Fsp3) is 0. The van der Waals surface area contributed by atoms with E-state index in [-0.39, 0.29) is 0 Å². The molecule has 0 N–H and O–H groups in total. The predicted molar refractivity (Wildman–Crippen MR) is 252 cm³/mol. The minimum absolute atomic E-state index is 0.710. The van der Waals surface area contributed by atoms with Crippen LogP contribution in [0.5, 0.6) is 0 Å². The molecule has 2 aromatic heterocycles. The van der Waals surface area contributed by atoms with Crippen molar-refractivity contribution < 1.29 is 0 Å². The lowest BCUT2D eigenvalue weighted by molar-refractivity contribution is 1.19. The van der Waals surface area contributed by atoms with Gasteiger partial charge in [-0.2, -0.15) is 0 Å². The van der Waals surface area contributed by atoms with Crippen LogP contribution in [0.15, 0.2) is 206 Å². The number of aromatic nitrogens is 2. The molecule has 0 aliphatic heterocycles. The van der Waals surface area contributed by atoms with E-state index >= 15 is 0 Å². The van der Waals surface area contributed by atoms with E-state index in [9.17, 15) is 0 Å². The van der Waals surface area contributed by atoms with Gasteiger partial charge in [-0.25, -0.2) is 9.97 Å². The molecular weight excluding hydrogens is 733 g/mol. The van der Waals surface area contributed by atoms with Crippen LogP contribution in [0.1, 0.15) is 0 Å². The Morgan fingerprint density at radius 3 is 1.66 bits per heavy atom. The summed E-state index contributed by atoms with van der Waals surface area (Å²) in [6.45, 7) is 0. The van der Waals surface area contributed by atoms with Crippen molar-refractivity contribution >= 4 is 74.6 Å². The second-order valence-electron chi connectivity index (χ2n) is 15.2. The number of hydrogen-bond donors (Lipinski definition) is 0. The molecule has 0 amide bonds. The molecule has 2 nitrogen and oxygen atoms in total. The summed E-state index contributed by atoms with van der Waals surface area (Å²) in [5, 5.41) is 12.3. The first kappa shape index (κ1) is 33.7. The number of thiophene rings is 1. The molecule has 0 radical (unpaired) electrons. The van der Waals surface area contributed by atoms with Crippen LogP contribution in [-0.4, -0.2) is 9.97 Å². The number of rotatable bonds is 5. The van der Waals surface area contributed by atoms with Gasteiger partial charge in [0.15, 0.2) is 5.82 Å². The first-order chi connectivity index (χ1) is 29.3.